The monoisotopic (exact) mass is 548 g/mol. The van der Waals surface area contributed by atoms with Crippen molar-refractivity contribution in [2.75, 3.05) is 13.6 Å². The number of fused-ring (bicyclic) bond motifs is 1. The van der Waals surface area contributed by atoms with Crippen LogP contribution in [0.15, 0.2) is 52.1 Å². The normalized spacial score (nSPS) is 19.2. The van der Waals surface area contributed by atoms with E-state index >= 15 is 0 Å². The van der Waals surface area contributed by atoms with Gasteiger partial charge in [-0.05, 0) is 43.9 Å². The maximum Gasteiger partial charge on any atom is 0.216 e. The third-order valence-corrected chi connectivity index (χ3v) is 6.17. The number of halogens is 1. The summed E-state index contributed by atoms with van der Waals surface area (Å²) in [6.45, 7) is 0.683. The maximum atomic E-state index is 6.47. The Bertz CT molecular complexity index is 1040. The molecule has 1 aliphatic carbocycles. The van der Waals surface area contributed by atoms with E-state index in [1.807, 2.05) is 18.2 Å². The number of aliphatic imine (C=N–C) groups is 1. The highest BCUT2D eigenvalue weighted by atomic mass is 127. The lowest BCUT2D eigenvalue weighted by atomic mass is 9.86. The number of guanidine groups is 1. The number of aromatic nitrogens is 3. The number of hydrogen-bond donors (Lipinski definition) is 3. The van der Waals surface area contributed by atoms with Gasteiger partial charge in [-0.1, -0.05) is 18.2 Å². The van der Waals surface area contributed by atoms with E-state index in [0.29, 0.717) is 24.6 Å². The summed E-state index contributed by atoms with van der Waals surface area (Å²) in [5, 5.41) is 14.2. The molecule has 1 unspecified atom stereocenters. The van der Waals surface area contributed by atoms with Gasteiger partial charge in [-0.15, -0.1) is 24.0 Å². The zero-order chi connectivity index (χ0) is 21.1. The van der Waals surface area contributed by atoms with E-state index in [0.717, 1.165) is 36.8 Å². The van der Waals surface area contributed by atoms with Crippen LogP contribution in [-0.4, -0.2) is 40.3 Å². The van der Waals surface area contributed by atoms with Gasteiger partial charge in [0, 0.05) is 32.0 Å². The molecular weight excluding hydrogens is 519 g/mol. The largest absolute Gasteiger partial charge is 0.487 e. The van der Waals surface area contributed by atoms with Gasteiger partial charge in [0.15, 0.2) is 11.7 Å². The predicted molar refractivity (Wildman–Crippen MR) is 133 cm³/mol. The molecule has 3 N–H and O–H groups in total. The third-order valence-electron chi connectivity index (χ3n) is 6.17. The maximum absolute atomic E-state index is 6.47. The van der Waals surface area contributed by atoms with E-state index in [4.69, 9.17) is 9.15 Å². The molecule has 1 saturated carbocycles. The van der Waals surface area contributed by atoms with Gasteiger partial charge in [0.25, 0.3) is 0 Å². The van der Waals surface area contributed by atoms with E-state index in [-0.39, 0.29) is 35.6 Å². The Hall–Kier alpha value is -2.56. The van der Waals surface area contributed by atoms with E-state index in [1.54, 1.807) is 13.3 Å². The number of para-hydroxylation sites is 1. The number of rotatable bonds is 5. The average Bonchev–Trinajstić information content (AvgIpc) is 3.55. The Morgan fingerprint density at radius 1 is 1.22 bits per heavy atom. The fraction of sp³-hybridized carbons (Fsp3) is 0.435. The van der Waals surface area contributed by atoms with E-state index < -0.39 is 0 Å². The first-order valence-electron chi connectivity index (χ1n) is 10.9. The van der Waals surface area contributed by atoms with Crippen LogP contribution in [0, 0.1) is 0 Å². The topological polar surface area (TPSA) is 100 Å². The second-order valence-electron chi connectivity index (χ2n) is 8.26. The average molecular weight is 548 g/mol. The van der Waals surface area contributed by atoms with Gasteiger partial charge in [0.2, 0.25) is 5.82 Å². The van der Waals surface area contributed by atoms with Crippen molar-refractivity contribution in [3.05, 3.63) is 54.0 Å². The summed E-state index contributed by atoms with van der Waals surface area (Å²) in [5.41, 5.74) is 1.15. The van der Waals surface area contributed by atoms with Gasteiger partial charge in [0.05, 0.1) is 12.3 Å². The fourth-order valence-electron chi connectivity index (χ4n) is 4.65. The third kappa shape index (κ3) is 4.77. The lowest BCUT2D eigenvalue weighted by Crippen LogP contribution is -2.47. The minimum absolute atomic E-state index is 0. The molecule has 8 nitrogen and oxygen atoms in total. The van der Waals surface area contributed by atoms with Crippen LogP contribution in [-0.2, 0) is 6.42 Å². The molecule has 0 bridgehead atoms. The van der Waals surface area contributed by atoms with Crippen molar-refractivity contribution in [2.24, 2.45) is 4.99 Å². The summed E-state index contributed by atoms with van der Waals surface area (Å²) < 4.78 is 11.8. The molecule has 1 aromatic carbocycles. The van der Waals surface area contributed by atoms with Crippen LogP contribution in [0.25, 0.3) is 11.6 Å². The number of nitrogens with zero attached hydrogens (tertiary/aromatic N) is 3. The molecular formula is C23H29IN6O2. The highest BCUT2D eigenvalue weighted by Gasteiger charge is 2.43. The summed E-state index contributed by atoms with van der Waals surface area (Å²) in [5.74, 6) is 3.81. The predicted octanol–water partition coefficient (Wildman–Crippen LogP) is 4.23. The van der Waals surface area contributed by atoms with Gasteiger partial charge in [-0.25, -0.2) is 4.98 Å². The molecule has 9 heteroatoms. The summed E-state index contributed by atoms with van der Waals surface area (Å²) >= 11 is 0. The van der Waals surface area contributed by atoms with Crippen LogP contribution in [0.4, 0.5) is 0 Å². The molecule has 2 aliphatic rings. The number of H-pyrrole nitrogens is 1. The molecule has 1 atom stereocenters. The number of hydrogen-bond acceptors (Lipinski definition) is 5. The first-order chi connectivity index (χ1) is 15.2. The summed E-state index contributed by atoms with van der Waals surface area (Å²) in [4.78, 5) is 8.93. The number of aromatic amines is 1. The van der Waals surface area contributed by atoms with Crippen LogP contribution in [0.3, 0.4) is 0 Å². The summed E-state index contributed by atoms with van der Waals surface area (Å²) in [6.07, 6.45) is 7.98. The molecule has 32 heavy (non-hydrogen) atoms. The number of ether oxygens (including phenoxy) is 1. The minimum atomic E-state index is -0.0486. The van der Waals surface area contributed by atoms with Crippen molar-refractivity contribution in [2.45, 2.75) is 50.2 Å². The van der Waals surface area contributed by atoms with Crippen molar-refractivity contribution in [3.63, 3.8) is 0 Å². The first kappa shape index (κ1) is 22.6. The molecule has 2 aromatic heterocycles. The highest BCUT2D eigenvalue weighted by Crippen LogP contribution is 2.46. The molecule has 5 rings (SSSR count). The lowest BCUT2D eigenvalue weighted by Gasteiger charge is -2.40. The first-order valence-corrected chi connectivity index (χ1v) is 10.9. The molecule has 1 fully saturated rings. The SMILES string of the molecule is CN=C(NCCc1nc(-c2ccco2)n[nH]1)NC1CC2(CCCC2)Oc2ccccc21.I. The van der Waals surface area contributed by atoms with Gasteiger partial charge < -0.3 is 19.8 Å². The Labute approximate surface area is 204 Å². The standard InChI is InChI=1S/C23H28N6O2.HI/c1-24-22(25-13-10-20-27-21(29-28-20)19-9-6-14-30-19)26-17-15-23(11-4-5-12-23)31-18-8-3-2-7-16(17)18;/h2-3,6-9,14,17H,4-5,10-13,15H2,1H3,(H2,24,25,26)(H,27,28,29);1H. The molecule has 1 aliphatic heterocycles. The molecule has 0 saturated heterocycles. The fourth-order valence-corrected chi connectivity index (χ4v) is 4.65. The Morgan fingerprint density at radius 2 is 2.06 bits per heavy atom. The Morgan fingerprint density at radius 3 is 2.84 bits per heavy atom. The van der Waals surface area contributed by atoms with Crippen molar-refractivity contribution in [3.8, 4) is 17.3 Å². The smallest absolute Gasteiger partial charge is 0.216 e. The van der Waals surface area contributed by atoms with Gasteiger partial charge in [-0.2, -0.15) is 5.10 Å². The number of furan rings is 1. The molecule has 3 aromatic rings. The number of nitrogens with one attached hydrogen (secondary N) is 3. The second kappa shape index (κ2) is 9.93. The lowest BCUT2D eigenvalue weighted by molar-refractivity contribution is 0.0396. The van der Waals surface area contributed by atoms with Crippen LogP contribution >= 0.6 is 24.0 Å². The zero-order valence-corrected chi connectivity index (χ0v) is 20.5. The molecule has 170 valence electrons. The van der Waals surface area contributed by atoms with Crippen LogP contribution in [0.5, 0.6) is 5.75 Å². The molecule has 0 amide bonds. The minimum Gasteiger partial charge on any atom is -0.487 e. The van der Waals surface area contributed by atoms with Crippen LogP contribution in [0.1, 0.15) is 49.5 Å². The summed E-state index contributed by atoms with van der Waals surface area (Å²) in [7, 11) is 1.80. The highest BCUT2D eigenvalue weighted by molar-refractivity contribution is 14.0. The zero-order valence-electron chi connectivity index (χ0n) is 18.1. The Balaban J connectivity index is 0.00000245. The van der Waals surface area contributed by atoms with Crippen LogP contribution < -0.4 is 15.4 Å². The van der Waals surface area contributed by atoms with Crippen molar-refractivity contribution in [1.29, 1.82) is 0 Å². The molecule has 0 radical (unpaired) electrons. The van der Waals surface area contributed by atoms with Crippen molar-refractivity contribution in [1.82, 2.24) is 25.8 Å². The molecule has 1 spiro atoms. The van der Waals surface area contributed by atoms with E-state index in [2.05, 4.69) is 49.0 Å². The van der Waals surface area contributed by atoms with E-state index in [1.165, 1.54) is 18.4 Å². The van der Waals surface area contributed by atoms with Crippen molar-refractivity contribution < 1.29 is 9.15 Å². The van der Waals surface area contributed by atoms with Gasteiger partial charge in [0.1, 0.15) is 17.2 Å². The van der Waals surface area contributed by atoms with Gasteiger partial charge >= 0.3 is 0 Å². The van der Waals surface area contributed by atoms with Crippen LogP contribution in [0.2, 0.25) is 0 Å². The summed E-state index contributed by atoms with van der Waals surface area (Å²) in [6, 6.07) is 12.2. The molecule has 3 heterocycles. The van der Waals surface area contributed by atoms with E-state index in [9.17, 15) is 0 Å². The Kier molecular flexibility index (Phi) is 7.02. The second-order valence-corrected chi connectivity index (χ2v) is 8.26. The van der Waals surface area contributed by atoms with Gasteiger partial charge in [-0.3, -0.25) is 10.1 Å². The number of benzene rings is 1. The van der Waals surface area contributed by atoms with Crippen molar-refractivity contribution >= 4 is 29.9 Å². The quantitative estimate of drug-likeness (QED) is 0.251.